The van der Waals surface area contributed by atoms with Gasteiger partial charge in [0.1, 0.15) is 57.6 Å². The SMILES string of the molecule is CCOc1ccc(Br)cc1C(=O)N/N=C/c1ccco1.Cc1ccc(/C=N/N=C2NC(=O)CS2)o1.Cn1c(=O)[nH]c2nnc(-c3cccs3)nc2c1=O.O=C(CCCOc1ccc(Cl)cc1Cl)N/N=C/c1ccco1.O=C(N/C(=C\c1ccco1)C(=O)N1CCOCC1)c1ccccc1Cl.O=C(N/N=C/c1ccco1)c1cccc(NC(=O)c2ccc(F)cc2)c1. The summed E-state index contributed by atoms with van der Waals surface area (Å²) in [5.74, 6) is 2.82. The van der Waals surface area contributed by atoms with Crippen molar-refractivity contribution in [1.82, 2.24) is 56.5 Å². The summed E-state index contributed by atoms with van der Waals surface area (Å²) >= 11 is 23.9. The van der Waals surface area contributed by atoms with Crippen molar-refractivity contribution in [3.8, 4) is 22.2 Å². The van der Waals surface area contributed by atoms with Gasteiger partial charge >= 0.3 is 5.69 Å². The number of morpholine rings is 1. The van der Waals surface area contributed by atoms with Crippen LogP contribution in [0.3, 0.4) is 0 Å². The zero-order valence-electron chi connectivity index (χ0n) is 66.6. The van der Waals surface area contributed by atoms with Crippen LogP contribution < -0.4 is 53.0 Å². The molecule has 2 aliphatic heterocycles. The van der Waals surface area contributed by atoms with Crippen molar-refractivity contribution in [2.24, 2.45) is 32.6 Å². The summed E-state index contributed by atoms with van der Waals surface area (Å²) in [4.78, 5) is 116. The van der Waals surface area contributed by atoms with E-state index in [1.165, 1.54) is 116 Å². The Labute approximate surface area is 747 Å². The maximum Gasteiger partial charge on any atom is 0.329 e. The number of amides is 7. The number of fused-ring (bicyclic) bond motifs is 1. The Kier molecular flexibility index (Phi) is 36.6. The van der Waals surface area contributed by atoms with Gasteiger partial charge in [0.05, 0.1) is 108 Å². The van der Waals surface area contributed by atoms with Crippen molar-refractivity contribution in [2.75, 3.05) is 50.6 Å². The maximum atomic E-state index is 12.9. The molecule has 648 valence electrons. The van der Waals surface area contributed by atoms with Gasteiger partial charge in [-0.1, -0.05) is 86.8 Å². The normalized spacial score (nSPS) is 12.6. The summed E-state index contributed by atoms with van der Waals surface area (Å²) in [7, 11) is 1.38. The Bertz CT molecular complexity index is 6140. The van der Waals surface area contributed by atoms with E-state index in [0.717, 1.165) is 19.7 Å². The predicted octanol–water partition coefficient (Wildman–Crippen LogP) is 14.4. The minimum Gasteiger partial charge on any atom is -0.493 e. The molecule has 8 aromatic heterocycles. The molecule has 2 aliphatic rings. The van der Waals surface area contributed by atoms with Crippen molar-refractivity contribution in [2.45, 2.75) is 26.7 Å². The lowest BCUT2D eigenvalue weighted by Crippen LogP contribution is -2.44. The fraction of sp³-hybridized carbons (Fsp3) is 0.141. The van der Waals surface area contributed by atoms with Crippen LogP contribution in [0.15, 0.2) is 280 Å². The van der Waals surface area contributed by atoms with Gasteiger partial charge < -0.3 is 57.1 Å². The van der Waals surface area contributed by atoms with Gasteiger partial charge in [-0.25, -0.2) is 30.4 Å². The lowest BCUT2D eigenvalue weighted by Gasteiger charge is -2.27. The number of furan rings is 5. The molecule has 5 aromatic carbocycles. The number of carbonyl (C=O) groups is 7. The standard InChI is InChI=1S/C19H14FN3O3.C18H17ClN2O4.C15H14Cl2N2O3.C14H13BrN2O3.C10H7N5O2S.C9H9N3O2S/c20-15-8-6-13(7-9-15)18(24)22-16-4-1-3-14(11-16)19(25)23-21-12-17-5-2-10-26-17;19-15-6-2-1-5-14(15)17(22)20-16(12-13-4-3-9-25-13)18(23)21-7-10-24-11-8-21;16-11-5-6-14(13(17)9-11)22-8-2-4-15(20)19-18-10-12-3-1-7-21-12;1-2-19-13-6-5-10(15)8-12(13)14(18)17-16-9-11-4-3-7-20-11;1-15-9(16)6-8(12-10(15)17)14-13-7(11-6)5-3-2-4-18-5;1-6-2-3-7(14-6)4-10-12-9-11-8(13)5-15-9/h1-12H,(H,22,24)(H,23,25);1-6,9,12H,7-8,10-11H2,(H,20,22);1,3,5-7,9-10H,2,4,8H2,(H,19,20);3-9H,2H2,1H3,(H,17,18);2-4H,1H3,(H,12,14,17);2-4H,5H2,1H3,(H,11,12,13)/b21-12+;16-12-;18-10+;16-9+;;10-4+. The van der Waals surface area contributed by atoms with E-state index in [-0.39, 0.29) is 40.5 Å². The molecule has 7 N–H and O–H groups in total. The van der Waals surface area contributed by atoms with E-state index in [2.05, 4.69) is 93.8 Å². The molecule has 0 bridgehead atoms. The van der Waals surface area contributed by atoms with Crippen LogP contribution >= 0.6 is 73.8 Å². The third-order valence-electron chi connectivity index (χ3n) is 16.3. The topological polar surface area (TPSA) is 444 Å². The number of hydrogen-bond donors (Lipinski definition) is 7. The fourth-order valence-electron chi connectivity index (χ4n) is 10.2. The molecule has 34 nitrogen and oxygen atoms in total. The first-order chi connectivity index (χ1) is 61.0. The lowest BCUT2D eigenvalue weighted by atomic mass is 10.1. The van der Waals surface area contributed by atoms with Gasteiger partial charge in [0.15, 0.2) is 22.2 Å². The number of anilines is 1. The van der Waals surface area contributed by atoms with E-state index in [1.54, 1.807) is 132 Å². The number of thiophene rings is 1. The van der Waals surface area contributed by atoms with Crippen molar-refractivity contribution >= 4 is 168 Å². The van der Waals surface area contributed by atoms with E-state index in [1.807, 2.05) is 43.5 Å². The van der Waals surface area contributed by atoms with Gasteiger partial charge in [-0.3, -0.25) is 47.9 Å². The predicted molar refractivity (Wildman–Crippen MR) is 478 cm³/mol. The molecular formula is C85H74BrCl3FN17O17S2. The summed E-state index contributed by atoms with van der Waals surface area (Å²) in [6.45, 7) is 6.45. The number of aryl methyl sites for hydroxylation is 1. The van der Waals surface area contributed by atoms with Crippen LogP contribution in [0.4, 0.5) is 10.1 Å². The minimum absolute atomic E-state index is 0.0391. The number of aromatic nitrogens is 5. The van der Waals surface area contributed by atoms with E-state index in [4.69, 9.17) is 71.1 Å². The number of nitrogens with zero attached hydrogens (tertiary/aromatic N) is 10. The Morgan fingerprint density at radius 1 is 0.643 bits per heavy atom. The number of halogens is 5. The minimum atomic E-state index is -0.535. The molecule has 0 atom stereocenters. The summed E-state index contributed by atoms with van der Waals surface area (Å²) in [6, 6.07) is 49.5. The first kappa shape index (κ1) is 94.0. The molecule has 7 amide bonds. The van der Waals surface area contributed by atoms with Crippen molar-refractivity contribution in [3.63, 3.8) is 0 Å². The van der Waals surface area contributed by atoms with E-state index in [0.29, 0.717) is 152 Å². The number of H-pyrrole nitrogens is 1. The number of ether oxygens (including phenoxy) is 3. The Morgan fingerprint density at radius 3 is 1.93 bits per heavy atom. The highest BCUT2D eigenvalue weighted by Gasteiger charge is 2.25. The molecule has 10 heterocycles. The van der Waals surface area contributed by atoms with Gasteiger partial charge in [0.25, 0.3) is 35.1 Å². The zero-order chi connectivity index (χ0) is 89.5. The second kappa shape index (κ2) is 49.1. The second-order valence-electron chi connectivity index (χ2n) is 25.3. The van der Waals surface area contributed by atoms with Crippen LogP contribution in [0.25, 0.3) is 27.9 Å². The fourth-order valence-corrected chi connectivity index (χ4v) is 12.6. The number of benzene rings is 5. The molecule has 2 fully saturated rings. The number of hydrazone groups is 3. The third-order valence-corrected chi connectivity index (χ3v) is 19.4. The molecular weight excluding hydrogens is 1800 g/mol. The Balaban J connectivity index is 0.000000159. The summed E-state index contributed by atoms with van der Waals surface area (Å²) in [6.07, 6.45) is 14.1. The number of thioether (sulfide) groups is 1. The molecule has 0 radical (unpaired) electrons. The van der Waals surface area contributed by atoms with Crippen molar-refractivity contribution < 1.29 is 74.2 Å². The highest BCUT2D eigenvalue weighted by molar-refractivity contribution is 9.10. The lowest BCUT2D eigenvalue weighted by molar-refractivity contribution is -0.131. The van der Waals surface area contributed by atoms with Crippen LogP contribution in [0.2, 0.25) is 15.1 Å². The summed E-state index contributed by atoms with van der Waals surface area (Å²) < 4.78 is 56.5. The number of amidine groups is 1. The molecule has 15 rings (SSSR count). The van der Waals surface area contributed by atoms with Gasteiger partial charge in [-0.15, -0.1) is 26.6 Å². The average Bonchev–Trinajstić information content (AvgIpc) is 1.06. The number of carbonyl (C=O) groups excluding carboxylic acids is 7. The third kappa shape index (κ3) is 30.3. The van der Waals surface area contributed by atoms with Crippen LogP contribution in [0.1, 0.15) is 95.8 Å². The number of rotatable bonds is 24. The molecule has 0 spiro atoms. The molecule has 13 aromatic rings. The highest BCUT2D eigenvalue weighted by Crippen LogP contribution is 2.29. The Hall–Kier alpha value is -14.3. The zero-order valence-corrected chi connectivity index (χ0v) is 72.1. The number of aromatic amines is 1. The second-order valence-corrected chi connectivity index (χ2v) is 29.4. The molecule has 0 saturated carbocycles. The van der Waals surface area contributed by atoms with Crippen molar-refractivity contribution in [3.05, 3.63) is 321 Å². The van der Waals surface area contributed by atoms with Gasteiger partial charge in [-0.05, 0) is 183 Å². The van der Waals surface area contributed by atoms with Crippen LogP contribution in [0, 0.1) is 12.7 Å². The van der Waals surface area contributed by atoms with Crippen LogP contribution in [0.5, 0.6) is 11.5 Å². The number of nitrogens with one attached hydrogen (secondary N) is 7. The molecule has 0 aliphatic carbocycles. The average molecular weight is 1880 g/mol. The molecule has 41 heteroatoms. The Morgan fingerprint density at radius 2 is 1.31 bits per heavy atom. The summed E-state index contributed by atoms with van der Waals surface area (Å²) in [5, 5.41) is 38.4. The van der Waals surface area contributed by atoms with E-state index >= 15 is 0 Å². The number of hydrogen-bond acceptors (Lipinski definition) is 27. The first-order valence-electron chi connectivity index (χ1n) is 37.4. The van der Waals surface area contributed by atoms with Crippen LogP contribution in [-0.4, -0.2) is 146 Å². The molecule has 126 heavy (non-hydrogen) atoms. The quantitative estimate of drug-likeness (QED) is 0.0128. The smallest absolute Gasteiger partial charge is 0.329 e. The van der Waals surface area contributed by atoms with Crippen LogP contribution in [-0.2, 0) is 26.2 Å². The molecule has 0 unspecified atom stereocenters. The first-order valence-corrected chi connectivity index (χ1v) is 41.2. The van der Waals surface area contributed by atoms with E-state index in [9.17, 15) is 47.5 Å². The van der Waals surface area contributed by atoms with Gasteiger partial charge in [0, 0.05) is 58.9 Å². The molecule has 2 saturated heterocycles. The van der Waals surface area contributed by atoms with Crippen molar-refractivity contribution in [1.29, 1.82) is 0 Å². The van der Waals surface area contributed by atoms with Gasteiger partial charge in [-0.2, -0.15) is 20.4 Å². The largest absolute Gasteiger partial charge is 0.493 e. The highest BCUT2D eigenvalue weighted by atomic mass is 79.9. The van der Waals surface area contributed by atoms with E-state index < -0.39 is 34.8 Å². The summed E-state index contributed by atoms with van der Waals surface area (Å²) in [5.41, 5.74) is 8.30. The maximum absolute atomic E-state index is 12.9. The monoisotopic (exact) mass is 1870 g/mol. The van der Waals surface area contributed by atoms with Gasteiger partial charge in [0.2, 0.25) is 11.8 Å².